The monoisotopic (exact) mass is 357 g/mol. The lowest BCUT2D eigenvalue weighted by atomic mass is 10.1. The molecule has 0 saturated carbocycles. The number of nitrogens with zero attached hydrogens (tertiary/aromatic N) is 1. The van der Waals surface area contributed by atoms with E-state index in [1.807, 2.05) is 0 Å². The molecule has 0 aliphatic carbocycles. The molecule has 1 atom stereocenters. The lowest BCUT2D eigenvalue weighted by molar-refractivity contribution is -0.000188. The molecular weight excluding hydrogens is 333 g/mol. The van der Waals surface area contributed by atoms with Crippen molar-refractivity contribution in [2.75, 3.05) is 20.2 Å². The number of amides is 1. The number of rotatable bonds is 6. The second kappa shape index (κ2) is 8.81. The van der Waals surface area contributed by atoms with E-state index in [0.29, 0.717) is 23.4 Å². The van der Waals surface area contributed by atoms with Gasteiger partial charge in [0.1, 0.15) is 18.2 Å². The topological polar surface area (TPSA) is 38.8 Å². The first-order valence-corrected chi connectivity index (χ1v) is 8.97. The third kappa shape index (κ3) is 4.82. The lowest BCUT2D eigenvalue weighted by Crippen LogP contribution is -2.37. The van der Waals surface area contributed by atoms with Crippen LogP contribution in [0.4, 0.5) is 4.39 Å². The maximum absolute atomic E-state index is 13.6. The van der Waals surface area contributed by atoms with E-state index in [-0.39, 0.29) is 24.4 Å². The molecule has 1 aliphatic heterocycles. The molecule has 3 rings (SSSR count). The van der Waals surface area contributed by atoms with E-state index in [9.17, 15) is 9.18 Å². The Morgan fingerprint density at radius 3 is 2.65 bits per heavy atom. The molecule has 0 spiro atoms. The third-order valence-corrected chi connectivity index (χ3v) is 4.55. The minimum Gasteiger partial charge on any atom is -0.489 e. The number of hydrogen-bond acceptors (Lipinski definition) is 3. The summed E-state index contributed by atoms with van der Waals surface area (Å²) in [5.41, 5.74) is 1.10. The average molecular weight is 357 g/mol. The molecular formula is C21H24FNO3. The molecule has 2 aromatic rings. The van der Waals surface area contributed by atoms with Crippen molar-refractivity contribution >= 4 is 5.91 Å². The zero-order valence-corrected chi connectivity index (χ0v) is 15.0. The fourth-order valence-electron chi connectivity index (χ4n) is 3.03. The van der Waals surface area contributed by atoms with Crippen molar-refractivity contribution in [1.29, 1.82) is 0 Å². The van der Waals surface area contributed by atoms with Crippen LogP contribution in [-0.4, -0.2) is 37.1 Å². The third-order valence-electron chi connectivity index (χ3n) is 4.55. The largest absolute Gasteiger partial charge is 0.489 e. The number of ether oxygens (including phenoxy) is 2. The van der Waals surface area contributed by atoms with E-state index in [4.69, 9.17) is 9.47 Å². The van der Waals surface area contributed by atoms with Gasteiger partial charge in [0.05, 0.1) is 6.10 Å². The second-order valence-corrected chi connectivity index (χ2v) is 6.58. The highest BCUT2D eigenvalue weighted by atomic mass is 19.1. The first-order valence-electron chi connectivity index (χ1n) is 8.97. The van der Waals surface area contributed by atoms with Gasteiger partial charge in [-0.05, 0) is 49.6 Å². The summed E-state index contributed by atoms with van der Waals surface area (Å²) in [6.07, 6.45) is 3.38. The Hall–Kier alpha value is -2.40. The molecule has 1 unspecified atom stereocenters. The van der Waals surface area contributed by atoms with Crippen molar-refractivity contribution in [3.63, 3.8) is 0 Å². The van der Waals surface area contributed by atoms with Crippen molar-refractivity contribution in [2.45, 2.75) is 32.0 Å². The first-order chi connectivity index (χ1) is 12.6. The van der Waals surface area contributed by atoms with Gasteiger partial charge in [0.25, 0.3) is 5.91 Å². The van der Waals surface area contributed by atoms with Crippen LogP contribution in [0.2, 0.25) is 0 Å². The van der Waals surface area contributed by atoms with E-state index < -0.39 is 0 Å². The molecule has 1 heterocycles. The molecule has 2 aromatic carbocycles. The Labute approximate surface area is 153 Å². The number of carbonyl (C=O) groups is 1. The molecule has 0 bridgehead atoms. The quantitative estimate of drug-likeness (QED) is 0.783. The van der Waals surface area contributed by atoms with E-state index in [0.717, 1.165) is 25.9 Å². The zero-order valence-electron chi connectivity index (χ0n) is 15.0. The highest BCUT2D eigenvalue weighted by Gasteiger charge is 2.19. The predicted molar refractivity (Wildman–Crippen MR) is 97.7 cm³/mol. The molecule has 26 heavy (non-hydrogen) atoms. The molecule has 5 heteroatoms. The molecule has 0 N–H and O–H groups in total. The Bertz CT molecular complexity index is 726. The number of hydrogen-bond donors (Lipinski definition) is 0. The van der Waals surface area contributed by atoms with Gasteiger partial charge in [0.15, 0.2) is 0 Å². The minimum absolute atomic E-state index is 0.0418. The molecule has 1 fully saturated rings. The van der Waals surface area contributed by atoms with Gasteiger partial charge in [-0.2, -0.15) is 0 Å². The van der Waals surface area contributed by atoms with Gasteiger partial charge in [-0.15, -0.1) is 0 Å². The van der Waals surface area contributed by atoms with Gasteiger partial charge in [-0.3, -0.25) is 4.79 Å². The van der Waals surface area contributed by atoms with E-state index in [1.54, 1.807) is 54.4 Å². The Morgan fingerprint density at radius 1 is 1.19 bits per heavy atom. The smallest absolute Gasteiger partial charge is 0.253 e. The zero-order chi connectivity index (χ0) is 18.4. The van der Waals surface area contributed by atoms with E-state index in [2.05, 4.69) is 0 Å². The van der Waals surface area contributed by atoms with Crippen LogP contribution >= 0.6 is 0 Å². The number of benzene rings is 2. The van der Waals surface area contributed by atoms with Crippen LogP contribution in [-0.2, 0) is 11.3 Å². The van der Waals surface area contributed by atoms with Crippen molar-refractivity contribution in [3.05, 3.63) is 65.5 Å². The summed E-state index contributed by atoms with van der Waals surface area (Å²) < 4.78 is 24.9. The SMILES string of the molecule is CN(CC1CCCCO1)C(=O)c1ccc(OCc2ccccc2F)cc1. The number of carbonyl (C=O) groups excluding carboxylic acids is 1. The summed E-state index contributed by atoms with van der Waals surface area (Å²) in [7, 11) is 1.79. The number of likely N-dealkylation sites (N-methyl/N-ethyl adjacent to an activating group) is 1. The minimum atomic E-state index is -0.286. The molecule has 1 aliphatic rings. The van der Waals surface area contributed by atoms with Gasteiger partial charge in [-0.25, -0.2) is 4.39 Å². The average Bonchev–Trinajstić information content (AvgIpc) is 2.68. The predicted octanol–water partition coefficient (Wildman–Crippen LogP) is 4.05. The van der Waals surface area contributed by atoms with Crippen LogP contribution in [0, 0.1) is 5.82 Å². The highest BCUT2D eigenvalue weighted by molar-refractivity contribution is 5.94. The maximum atomic E-state index is 13.6. The lowest BCUT2D eigenvalue weighted by Gasteiger charge is -2.27. The van der Waals surface area contributed by atoms with E-state index in [1.165, 1.54) is 6.07 Å². The molecule has 0 aromatic heterocycles. The summed E-state index contributed by atoms with van der Waals surface area (Å²) in [6, 6.07) is 13.5. The summed E-state index contributed by atoms with van der Waals surface area (Å²) >= 11 is 0. The van der Waals surface area contributed by atoms with Crippen LogP contribution < -0.4 is 4.74 Å². The molecule has 138 valence electrons. The fourth-order valence-corrected chi connectivity index (χ4v) is 3.03. The van der Waals surface area contributed by atoms with Crippen LogP contribution in [0.25, 0.3) is 0 Å². The van der Waals surface area contributed by atoms with Gasteiger partial charge in [-0.1, -0.05) is 18.2 Å². The van der Waals surface area contributed by atoms with Crippen LogP contribution in [0.15, 0.2) is 48.5 Å². The second-order valence-electron chi connectivity index (χ2n) is 6.58. The highest BCUT2D eigenvalue weighted by Crippen LogP contribution is 2.18. The normalized spacial score (nSPS) is 16.9. The molecule has 4 nitrogen and oxygen atoms in total. The summed E-state index contributed by atoms with van der Waals surface area (Å²) in [6.45, 7) is 1.53. The van der Waals surface area contributed by atoms with Gasteiger partial charge >= 0.3 is 0 Å². The molecule has 1 amide bonds. The Morgan fingerprint density at radius 2 is 1.96 bits per heavy atom. The van der Waals surface area contributed by atoms with Gasteiger partial charge in [0.2, 0.25) is 0 Å². The first kappa shape index (κ1) is 18.4. The number of halogens is 1. The van der Waals surface area contributed by atoms with Gasteiger partial charge < -0.3 is 14.4 Å². The van der Waals surface area contributed by atoms with Crippen molar-refractivity contribution in [3.8, 4) is 5.75 Å². The molecule has 1 saturated heterocycles. The summed E-state index contributed by atoms with van der Waals surface area (Å²) in [5, 5.41) is 0. The van der Waals surface area contributed by atoms with Crippen LogP contribution in [0.1, 0.15) is 35.2 Å². The van der Waals surface area contributed by atoms with Crippen LogP contribution in [0.3, 0.4) is 0 Å². The van der Waals surface area contributed by atoms with E-state index >= 15 is 0 Å². The maximum Gasteiger partial charge on any atom is 0.253 e. The van der Waals surface area contributed by atoms with Crippen LogP contribution in [0.5, 0.6) is 5.75 Å². The Kier molecular flexibility index (Phi) is 6.23. The van der Waals surface area contributed by atoms with Crippen molar-refractivity contribution in [2.24, 2.45) is 0 Å². The Balaban J connectivity index is 1.54. The fraction of sp³-hybridized carbons (Fsp3) is 0.381. The molecule has 0 radical (unpaired) electrons. The summed E-state index contributed by atoms with van der Waals surface area (Å²) in [5.74, 6) is 0.272. The standard InChI is InChI=1S/C21H24FNO3/c1-23(14-19-7-4-5-13-25-19)21(24)16-9-11-18(12-10-16)26-15-17-6-2-3-8-20(17)22/h2-3,6,8-12,19H,4-5,7,13-15H2,1H3. The van der Waals surface area contributed by atoms with Crippen molar-refractivity contribution < 1.29 is 18.7 Å². The van der Waals surface area contributed by atoms with Gasteiger partial charge in [0, 0.05) is 31.3 Å². The summed E-state index contributed by atoms with van der Waals surface area (Å²) in [4.78, 5) is 14.2. The van der Waals surface area contributed by atoms with Crippen molar-refractivity contribution in [1.82, 2.24) is 4.90 Å².